The molecule has 7 nitrogen and oxygen atoms in total. The van der Waals surface area contributed by atoms with Crippen molar-refractivity contribution in [1.82, 2.24) is 15.4 Å². The number of aromatic nitrogens is 1. The molecule has 0 saturated carbocycles. The van der Waals surface area contributed by atoms with E-state index in [0.29, 0.717) is 54.2 Å². The molecule has 4 rings (SSSR count). The number of pyridine rings is 1. The highest BCUT2D eigenvalue weighted by atomic mass is 35.5. The number of piperidine rings is 1. The Labute approximate surface area is 228 Å². The second kappa shape index (κ2) is 12.2. The van der Waals surface area contributed by atoms with Crippen molar-refractivity contribution >= 4 is 28.4 Å². The summed E-state index contributed by atoms with van der Waals surface area (Å²) in [4.78, 5) is 19.0. The number of fused-ring (bicyclic) bond motifs is 1. The average molecular weight is 562 g/mol. The van der Waals surface area contributed by atoms with Crippen molar-refractivity contribution in [3.8, 4) is 17.6 Å². The van der Waals surface area contributed by atoms with Gasteiger partial charge >= 0.3 is 0 Å². The molecule has 3 aromatic rings. The maximum absolute atomic E-state index is 13.8. The number of hydrogen-bond acceptors (Lipinski definition) is 6. The average Bonchev–Trinajstić information content (AvgIpc) is 2.94. The summed E-state index contributed by atoms with van der Waals surface area (Å²) in [5.41, 5.74) is 1.55. The molecule has 1 aliphatic rings. The van der Waals surface area contributed by atoms with E-state index in [0.717, 1.165) is 6.07 Å². The summed E-state index contributed by atoms with van der Waals surface area (Å²) in [5, 5.41) is 21.5. The van der Waals surface area contributed by atoms with Crippen molar-refractivity contribution in [2.45, 2.75) is 31.8 Å². The van der Waals surface area contributed by atoms with Gasteiger partial charge in [0, 0.05) is 36.3 Å². The van der Waals surface area contributed by atoms with Crippen LogP contribution in [0.5, 0.6) is 5.75 Å². The molecule has 0 aliphatic carbocycles. The van der Waals surface area contributed by atoms with Gasteiger partial charge in [-0.05, 0) is 49.9 Å². The molecule has 2 heterocycles. The van der Waals surface area contributed by atoms with E-state index in [1.54, 1.807) is 23.7 Å². The molecule has 1 unspecified atom stereocenters. The van der Waals surface area contributed by atoms with E-state index in [-0.39, 0.29) is 30.0 Å². The first-order valence-corrected chi connectivity index (χ1v) is 12.7. The van der Waals surface area contributed by atoms with Gasteiger partial charge in [-0.1, -0.05) is 23.4 Å². The summed E-state index contributed by atoms with van der Waals surface area (Å²) in [6, 6.07) is 6.55. The van der Waals surface area contributed by atoms with Gasteiger partial charge in [-0.2, -0.15) is 0 Å². The van der Waals surface area contributed by atoms with E-state index in [9.17, 15) is 28.3 Å². The van der Waals surface area contributed by atoms with Gasteiger partial charge < -0.3 is 9.84 Å². The molecule has 3 N–H and O–H groups in total. The van der Waals surface area contributed by atoms with Crippen LogP contribution < -0.4 is 10.2 Å². The molecule has 1 atom stereocenters. The van der Waals surface area contributed by atoms with E-state index < -0.39 is 34.9 Å². The maximum Gasteiger partial charge on any atom is 0.249 e. The van der Waals surface area contributed by atoms with E-state index in [1.165, 1.54) is 13.3 Å². The lowest BCUT2D eigenvalue weighted by Crippen LogP contribution is -2.48. The van der Waals surface area contributed by atoms with Crippen molar-refractivity contribution in [3.05, 3.63) is 70.1 Å². The van der Waals surface area contributed by atoms with Gasteiger partial charge in [0.1, 0.15) is 11.6 Å². The number of aliphatic hydroxyl groups excluding tert-OH is 1. The van der Waals surface area contributed by atoms with Gasteiger partial charge in [0.2, 0.25) is 5.91 Å². The van der Waals surface area contributed by atoms with Crippen LogP contribution >= 0.6 is 11.6 Å². The number of likely N-dealkylation sites (tertiary alicyclic amines) is 1. The minimum Gasteiger partial charge on any atom is -0.497 e. The number of nitrogens with zero attached hydrogens (tertiary/aromatic N) is 2. The number of benzene rings is 2. The number of ether oxygens (including phenoxy) is 1. The molecule has 1 fully saturated rings. The Hall–Kier alpha value is -3.36. The summed E-state index contributed by atoms with van der Waals surface area (Å²) in [6.07, 6.45) is 1.62. The number of hydrogen-bond donors (Lipinski definition) is 3. The Morgan fingerprint density at radius 3 is 2.69 bits per heavy atom. The van der Waals surface area contributed by atoms with Crippen LogP contribution in [0.1, 0.15) is 42.9 Å². The number of rotatable bonds is 7. The highest BCUT2D eigenvalue weighted by Gasteiger charge is 2.41. The Bertz CT molecular complexity index is 1440. The number of halogens is 4. The summed E-state index contributed by atoms with van der Waals surface area (Å²) in [7, 11) is 1.53. The Morgan fingerprint density at radius 1 is 1.26 bits per heavy atom. The molecule has 206 valence electrons. The number of aliphatic hydroxyl groups is 1. The van der Waals surface area contributed by atoms with Crippen molar-refractivity contribution in [2.24, 2.45) is 5.41 Å². The van der Waals surface area contributed by atoms with Gasteiger partial charge in [-0.25, -0.2) is 18.7 Å². The maximum atomic E-state index is 13.8. The quantitative estimate of drug-likeness (QED) is 0.167. The second-order valence-corrected chi connectivity index (χ2v) is 9.91. The number of amides is 1. The largest absolute Gasteiger partial charge is 0.497 e. The molecule has 2 aromatic carbocycles. The molecule has 1 saturated heterocycles. The standard InChI is InChI=1S/C28H27ClF3N3O4/c1-39-19-4-5-23-20(15-19)25(21(29)16-33-23)24(36)6-7-28(27(37)34-38)8-11-35(12-9-28)10-2-3-17-13-18(30)14-22(31)26(17)32/h4-5,13-16,24,36,38H,6-12H2,1H3,(H,34,37). The lowest BCUT2D eigenvalue weighted by Gasteiger charge is -2.40. The number of carbonyl (C=O) groups excluding carboxylic acids is 1. The van der Waals surface area contributed by atoms with E-state index in [1.807, 2.05) is 4.90 Å². The van der Waals surface area contributed by atoms with Crippen molar-refractivity contribution < 1.29 is 33.0 Å². The fourth-order valence-electron chi connectivity index (χ4n) is 4.93. The monoisotopic (exact) mass is 561 g/mol. The fourth-order valence-corrected chi connectivity index (χ4v) is 5.21. The van der Waals surface area contributed by atoms with Crippen LogP contribution in [0.2, 0.25) is 5.02 Å². The summed E-state index contributed by atoms with van der Waals surface area (Å²) in [5.74, 6) is 1.78. The number of carbonyl (C=O) groups is 1. The predicted molar refractivity (Wildman–Crippen MR) is 139 cm³/mol. The zero-order valence-corrected chi connectivity index (χ0v) is 21.9. The van der Waals surface area contributed by atoms with Crippen molar-refractivity contribution in [3.63, 3.8) is 0 Å². The summed E-state index contributed by atoms with van der Waals surface area (Å²) < 4.78 is 45.9. The lowest BCUT2D eigenvalue weighted by molar-refractivity contribution is -0.143. The van der Waals surface area contributed by atoms with Gasteiger partial charge in [0.25, 0.3) is 0 Å². The first-order valence-electron chi connectivity index (χ1n) is 12.3. The van der Waals surface area contributed by atoms with Gasteiger partial charge in [-0.15, -0.1) is 0 Å². The zero-order valence-electron chi connectivity index (χ0n) is 21.1. The Kier molecular flexibility index (Phi) is 8.97. The number of methoxy groups -OCH3 is 1. The number of nitrogens with one attached hydrogen (secondary N) is 1. The third kappa shape index (κ3) is 6.28. The normalized spacial score (nSPS) is 15.9. The SMILES string of the molecule is COc1ccc2ncc(Cl)c(C(O)CCC3(C(=O)NO)CCN(CC#Cc4cc(F)cc(F)c4F)CC3)c2c1. The fraction of sp³-hybridized carbons (Fsp3) is 0.357. The molecule has 1 amide bonds. The smallest absolute Gasteiger partial charge is 0.249 e. The molecule has 39 heavy (non-hydrogen) atoms. The molecule has 1 aromatic heterocycles. The van der Waals surface area contributed by atoms with Gasteiger partial charge in [-0.3, -0.25) is 19.9 Å². The van der Waals surface area contributed by atoms with E-state index >= 15 is 0 Å². The zero-order chi connectivity index (χ0) is 28.2. The Balaban J connectivity index is 1.45. The van der Waals surface area contributed by atoms with Crippen LogP contribution in [0.4, 0.5) is 13.2 Å². The van der Waals surface area contributed by atoms with Gasteiger partial charge in [0.05, 0.1) is 41.3 Å². The third-order valence-corrected chi connectivity index (χ3v) is 7.51. The molecular formula is C28H27ClF3N3O4. The summed E-state index contributed by atoms with van der Waals surface area (Å²) >= 11 is 6.41. The first-order chi connectivity index (χ1) is 18.7. The number of hydroxylamine groups is 1. The highest BCUT2D eigenvalue weighted by molar-refractivity contribution is 6.32. The van der Waals surface area contributed by atoms with Gasteiger partial charge in [0.15, 0.2) is 11.6 Å². The Morgan fingerprint density at radius 2 is 2.00 bits per heavy atom. The first kappa shape index (κ1) is 28.6. The van der Waals surface area contributed by atoms with Crippen LogP contribution in [0.15, 0.2) is 36.5 Å². The minimum absolute atomic E-state index is 0.188. The van der Waals surface area contributed by atoms with Crippen molar-refractivity contribution in [1.29, 1.82) is 0 Å². The topological polar surface area (TPSA) is 94.9 Å². The second-order valence-electron chi connectivity index (χ2n) is 9.51. The molecule has 0 spiro atoms. The lowest BCUT2D eigenvalue weighted by atomic mass is 9.73. The molecule has 1 aliphatic heterocycles. The molecule has 0 bridgehead atoms. The van der Waals surface area contributed by atoms with Crippen LogP contribution in [0.3, 0.4) is 0 Å². The van der Waals surface area contributed by atoms with Crippen LogP contribution in [-0.4, -0.2) is 52.8 Å². The molecule has 0 radical (unpaired) electrons. The van der Waals surface area contributed by atoms with E-state index in [2.05, 4.69) is 16.8 Å². The predicted octanol–water partition coefficient (Wildman–Crippen LogP) is 4.77. The van der Waals surface area contributed by atoms with Crippen LogP contribution in [0.25, 0.3) is 10.9 Å². The van der Waals surface area contributed by atoms with Crippen molar-refractivity contribution in [2.75, 3.05) is 26.7 Å². The third-order valence-electron chi connectivity index (χ3n) is 7.21. The minimum atomic E-state index is -1.31. The van der Waals surface area contributed by atoms with Crippen LogP contribution in [-0.2, 0) is 4.79 Å². The van der Waals surface area contributed by atoms with E-state index in [4.69, 9.17) is 16.3 Å². The highest BCUT2D eigenvalue weighted by Crippen LogP contribution is 2.41. The molecule has 11 heteroatoms. The van der Waals surface area contributed by atoms with Crippen LogP contribution in [0, 0.1) is 34.7 Å². The molecular weight excluding hydrogens is 535 g/mol. The summed E-state index contributed by atoms with van der Waals surface area (Å²) in [6.45, 7) is 1.04.